The van der Waals surface area contributed by atoms with E-state index in [1.807, 2.05) is 0 Å². The molecule has 0 saturated heterocycles. The number of esters is 5. The van der Waals surface area contributed by atoms with Crippen molar-refractivity contribution in [1.82, 2.24) is 0 Å². The minimum absolute atomic E-state index is 0. The Labute approximate surface area is 292 Å². The molecule has 8 atom stereocenters. The molecule has 18 nitrogen and oxygen atoms in total. The van der Waals surface area contributed by atoms with Gasteiger partial charge in [-0.05, 0) is 69.2 Å². The normalized spacial score (nSPS) is 14.9. The third kappa shape index (κ3) is 24.2. The van der Waals surface area contributed by atoms with Crippen molar-refractivity contribution in [2.45, 2.75) is 145 Å². The Morgan fingerprint density at radius 1 is 0.440 bits per heavy atom. The molecule has 0 aromatic heterocycles. The minimum Gasteiger partial charge on any atom is -0.479 e. The number of carbonyl (C=O) groups is 8. The van der Waals surface area contributed by atoms with Gasteiger partial charge in [0.15, 0.2) is 54.3 Å². The standard InChI is InChI=1S/C16H26O8.C8H14O5.C8H14O4.H2O/c1-7-13(17)9(3)22-15(19)11(5)24-16(20)12(6)23-14(18)10(4)21-8-2;1-4-12-6(3)8(11)13-5(2)7(9)10;1-4-7(10)6(3)12-8(11)5(2)9;/h9-12H,7-8H2,1-6H3;5-6H,4H2,1-3H3,(H,9,10);5-6,9H,4H2,1-3H3;1H2/t9-,10-,11-,12-;2*5-,6-;/m000./s1. The van der Waals surface area contributed by atoms with E-state index in [-0.39, 0.29) is 23.5 Å². The van der Waals surface area contributed by atoms with Crippen molar-refractivity contribution >= 4 is 47.4 Å². The highest BCUT2D eigenvalue weighted by Gasteiger charge is 2.29. The number of aliphatic carboxylic acids is 1. The second-order valence-electron chi connectivity index (χ2n) is 10.2. The number of aliphatic hydroxyl groups excluding tert-OH is 1. The highest BCUT2D eigenvalue weighted by atomic mass is 16.6. The first-order chi connectivity index (χ1) is 22.6. The number of hydrogen-bond acceptors (Lipinski definition) is 16. The zero-order valence-electron chi connectivity index (χ0n) is 31.0. The van der Waals surface area contributed by atoms with Crippen LogP contribution in [0.4, 0.5) is 0 Å². The largest absolute Gasteiger partial charge is 0.479 e. The van der Waals surface area contributed by atoms with Crippen LogP contribution in [0.3, 0.4) is 0 Å². The van der Waals surface area contributed by atoms with Gasteiger partial charge in [0.2, 0.25) is 0 Å². The van der Waals surface area contributed by atoms with Crippen LogP contribution in [-0.2, 0) is 71.5 Å². The number of rotatable bonds is 19. The van der Waals surface area contributed by atoms with E-state index in [1.54, 1.807) is 27.7 Å². The van der Waals surface area contributed by atoms with E-state index in [9.17, 15) is 38.4 Å². The van der Waals surface area contributed by atoms with Crippen molar-refractivity contribution in [3.63, 3.8) is 0 Å². The van der Waals surface area contributed by atoms with Crippen molar-refractivity contribution in [2.75, 3.05) is 13.2 Å². The molecule has 50 heavy (non-hydrogen) atoms. The van der Waals surface area contributed by atoms with Gasteiger partial charge in [0.25, 0.3) is 0 Å². The zero-order chi connectivity index (χ0) is 39.0. The Balaban J connectivity index is -0.000000345. The molecule has 0 rings (SSSR count). The maximum absolute atomic E-state index is 11.8. The number of carboxylic acid groups (broad SMARTS) is 1. The molecule has 0 unspecified atom stereocenters. The molecule has 0 aliphatic carbocycles. The molecule has 18 heteroatoms. The van der Waals surface area contributed by atoms with Crippen LogP contribution in [0.15, 0.2) is 0 Å². The fraction of sp³-hybridized carbons (Fsp3) is 0.750. The van der Waals surface area contributed by atoms with Crippen LogP contribution in [0.5, 0.6) is 0 Å². The molecular weight excluding hydrogens is 672 g/mol. The topological polar surface area (TPSA) is 273 Å². The summed E-state index contributed by atoms with van der Waals surface area (Å²) in [5.74, 6) is -5.43. The fourth-order valence-electron chi connectivity index (χ4n) is 2.84. The summed E-state index contributed by atoms with van der Waals surface area (Å²) in [5.41, 5.74) is 0. The average molecular weight is 729 g/mol. The summed E-state index contributed by atoms with van der Waals surface area (Å²) >= 11 is 0. The van der Waals surface area contributed by atoms with Gasteiger partial charge in [-0.25, -0.2) is 28.8 Å². The Bertz CT molecular complexity index is 1070. The summed E-state index contributed by atoms with van der Waals surface area (Å²) in [7, 11) is 0. The Morgan fingerprint density at radius 2 is 0.700 bits per heavy atom. The van der Waals surface area contributed by atoms with Crippen molar-refractivity contribution in [3.8, 4) is 0 Å². The molecule has 0 radical (unpaired) electrons. The SMILES string of the molecule is CCC(=O)[C@H](C)OC(=O)[C@H](C)O.CCO[C@@H](C)C(=O)O[C@@H](C)C(=O)O.CCO[C@@H](C)C(=O)O[C@@H](C)C(=O)O[C@@H](C)C(=O)O[C@@H](C)C(=O)CC.O. The lowest BCUT2D eigenvalue weighted by atomic mass is 10.2. The van der Waals surface area contributed by atoms with Gasteiger partial charge in [0.05, 0.1) is 0 Å². The summed E-state index contributed by atoms with van der Waals surface area (Å²) in [5, 5.41) is 17.2. The van der Waals surface area contributed by atoms with Crippen LogP contribution in [-0.4, -0.2) is 125 Å². The number of carboxylic acids is 1. The van der Waals surface area contributed by atoms with Gasteiger partial charge < -0.3 is 48.8 Å². The monoisotopic (exact) mass is 728 g/mol. The number of carbonyl (C=O) groups excluding carboxylic acids is 7. The van der Waals surface area contributed by atoms with E-state index in [2.05, 4.69) is 9.47 Å². The number of ketones is 2. The molecule has 4 N–H and O–H groups in total. The number of hydrogen-bond donors (Lipinski definition) is 2. The number of ether oxygens (including phenoxy) is 7. The molecule has 0 bridgehead atoms. The molecule has 0 saturated carbocycles. The quantitative estimate of drug-likeness (QED) is 0.139. The maximum Gasteiger partial charge on any atom is 0.347 e. The third-order valence-electron chi connectivity index (χ3n) is 5.92. The first-order valence-corrected chi connectivity index (χ1v) is 15.8. The molecular formula is C32H56O18. The molecule has 0 heterocycles. The van der Waals surface area contributed by atoms with E-state index in [1.165, 1.54) is 55.4 Å². The van der Waals surface area contributed by atoms with Crippen molar-refractivity contribution in [2.24, 2.45) is 0 Å². The van der Waals surface area contributed by atoms with Gasteiger partial charge in [-0.15, -0.1) is 0 Å². The zero-order valence-corrected chi connectivity index (χ0v) is 31.0. The maximum atomic E-state index is 11.8. The summed E-state index contributed by atoms with van der Waals surface area (Å²) in [6.07, 6.45) is -7.36. The lowest BCUT2D eigenvalue weighted by Crippen LogP contribution is -2.37. The van der Waals surface area contributed by atoms with Crippen LogP contribution in [0.2, 0.25) is 0 Å². The first kappa shape index (κ1) is 52.8. The lowest BCUT2D eigenvalue weighted by Gasteiger charge is -2.19. The predicted octanol–water partition coefficient (Wildman–Crippen LogP) is 1.07. The summed E-state index contributed by atoms with van der Waals surface area (Å²) in [4.78, 5) is 89.6. The third-order valence-corrected chi connectivity index (χ3v) is 5.92. The van der Waals surface area contributed by atoms with E-state index in [0.29, 0.717) is 19.6 Å². The Hall–Kier alpha value is -4.00. The average Bonchev–Trinajstić information content (AvgIpc) is 3.03. The van der Waals surface area contributed by atoms with Crippen molar-refractivity contribution in [1.29, 1.82) is 0 Å². The second-order valence-corrected chi connectivity index (χ2v) is 10.2. The van der Waals surface area contributed by atoms with Gasteiger partial charge in [-0.2, -0.15) is 0 Å². The highest BCUT2D eigenvalue weighted by molar-refractivity contribution is 5.87. The molecule has 0 fully saturated rings. The van der Waals surface area contributed by atoms with Gasteiger partial charge in [-0.3, -0.25) is 9.59 Å². The van der Waals surface area contributed by atoms with Gasteiger partial charge in [0.1, 0.15) is 6.10 Å². The van der Waals surface area contributed by atoms with Crippen LogP contribution >= 0.6 is 0 Å². The summed E-state index contributed by atoms with van der Waals surface area (Å²) in [6, 6.07) is 0. The van der Waals surface area contributed by atoms with Gasteiger partial charge in [0, 0.05) is 26.1 Å². The second kappa shape index (κ2) is 28.8. The number of Topliss-reactive ketones (excluding diaryl/α,β-unsaturated/α-hetero) is 2. The molecule has 0 aromatic rings. The fourth-order valence-corrected chi connectivity index (χ4v) is 2.84. The van der Waals surface area contributed by atoms with Crippen LogP contribution < -0.4 is 0 Å². The van der Waals surface area contributed by atoms with E-state index in [0.717, 1.165) is 0 Å². The Kier molecular flexibility index (Phi) is 30.4. The summed E-state index contributed by atoms with van der Waals surface area (Å²) < 4.78 is 33.8. The van der Waals surface area contributed by atoms with Crippen LogP contribution in [0.25, 0.3) is 0 Å². The van der Waals surface area contributed by atoms with Crippen LogP contribution in [0, 0.1) is 0 Å². The van der Waals surface area contributed by atoms with E-state index >= 15 is 0 Å². The van der Waals surface area contributed by atoms with Crippen molar-refractivity contribution < 1.29 is 87.2 Å². The Morgan fingerprint density at radius 3 is 0.960 bits per heavy atom. The first-order valence-electron chi connectivity index (χ1n) is 15.8. The lowest BCUT2D eigenvalue weighted by molar-refractivity contribution is -0.181. The van der Waals surface area contributed by atoms with Crippen molar-refractivity contribution in [3.05, 3.63) is 0 Å². The smallest absolute Gasteiger partial charge is 0.347 e. The van der Waals surface area contributed by atoms with E-state index < -0.39 is 84.6 Å². The summed E-state index contributed by atoms with van der Waals surface area (Å²) in [6.45, 7) is 18.7. The molecule has 0 aromatic carbocycles. The van der Waals surface area contributed by atoms with E-state index in [4.69, 9.17) is 33.9 Å². The van der Waals surface area contributed by atoms with Gasteiger partial charge >= 0.3 is 35.8 Å². The molecule has 0 amide bonds. The molecule has 292 valence electrons. The van der Waals surface area contributed by atoms with Crippen LogP contribution in [0.1, 0.15) is 95.9 Å². The molecule has 0 aliphatic heterocycles. The molecule has 0 spiro atoms. The molecule has 0 aliphatic rings. The number of aliphatic hydroxyl groups is 1. The highest BCUT2D eigenvalue weighted by Crippen LogP contribution is 2.07. The van der Waals surface area contributed by atoms with Gasteiger partial charge in [-0.1, -0.05) is 13.8 Å². The minimum atomic E-state index is -1.23. The predicted molar refractivity (Wildman–Crippen MR) is 173 cm³/mol.